The fourth-order valence-electron chi connectivity index (χ4n) is 3.53. The lowest BCUT2D eigenvalue weighted by Gasteiger charge is -2.33. The first-order valence-electron chi connectivity index (χ1n) is 9.83. The van der Waals surface area contributed by atoms with E-state index in [2.05, 4.69) is 0 Å². The zero-order chi connectivity index (χ0) is 20.7. The topological polar surface area (TPSA) is 78.0 Å². The van der Waals surface area contributed by atoms with Crippen molar-refractivity contribution >= 4 is 21.8 Å². The molecule has 0 atom stereocenters. The summed E-state index contributed by atoms with van der Waals surface area (Å²) in [5, 5.41) is 0. The summed E-state index contributed by atoms with van der Waals surface area (Å²) in [5.41, 5.74) is 0.760. The monoisotopic (exact) mass is 409 g/mol. The number of benzene rings is 1. The second-order valence-corrected chi connectivity index (χ2v) is 9.14. The van der Waals surface area contributed by atoms with Gasteiger partial charge in [-0.15, -0.1) is 0 Å². The third-order valence-corrected chi connectivity index (χ3v) is 7.10. The molecule has 1 saturated heterocycles. The average molecular weight is 410 g/mol. The van der Waals surface area contributed by atoms with E-state index in [1.54, 1.807) is 24.1 Å². The summed E-state index contributed by atoms with van der Waals surface area (Å²) in [6, 6.07) is 9.11. The van der Waals surface area contributed by atoms with Crippen molar-refractivity contribution in [2.24, 2.45) is 5.92 Å². The molecule has 0 aromatic heterocycles. The fraction of sp³-hybridized carbons (Fsp3) is 0.600. The molecule has 8 heteroatoms. The van der Waals surface area contributed by atoms with Gasteiger partial charge in [0.25, 0.3) is 0 Å². The minimum atomic E-state index is -3.40. The Morgan fingerprint density at radius 3 is 2.18 bits per heavy atom. The number of sulfonamides is 1. The molecule has 2 amide bonds. The van der Waals surface area contributed by atoms with Crippen LogP contribution in [-0.4, -0.2) is 74.1 Å². The third-order valence-electron chi connectivity index (χ3n) is 5.25. The zero-order valence-corrected chi connectivity index (χ0v) is 17.8. The molecule has 1 aromatic carbocycles. The first-order chi connectivity index (χ1) is 13.3. The minimum absolute atomic E-state index is 0.0231. The van der Waals surface area contributed by atoms with Gasteiger partial charge in [0.2, 0.25) is 21.8 Å². The number of piperidine rings is 1. The SMILES string of the molecule is CCN(CC)C(=O)CN(C)C(=O)C1CCN(S(=O)(=O)Cc2ccccc2)CC1. The molecule has 28 heavy (non-hydrogen) atoms. The molecule has 156 valence electrons. The fourth-order valence-corrected chi connectivity index (χ4v) is 5.09. The highest BCUT2D eigenvalue weighted by molar-refractivity contribution is 7.88. The molecular formula is C20H31N3O4S. The number of carbonyl (C=O) groups is 2. The standard InChI is InChI=1S/C20H31N3O4S/c1-4-22(5-2)19(24)15-21(3)20(25)18-11-13-23(14-12-18)28(26,27)16-17-9-7-6-8-10-17/h6-10,18H,4-5,11-16H2,1-3H3. The van der Waals surface area contributed by atoms with E-state index in [0.717, 1.165) is 5.56 Å². The maximum Gasteiger partial charge on any atom is 0.242 e. The van der Waals surface area contributed by atoms with Crippen molar-refractivity contribution in [3.63, 3.8) is 0 Å². The van der Waals surface area contributed by atoms with E-state index in [9.17, 15) is 18.0 Å². The predicted molar refractivity (Wildman–Crippen MR) is 109 cm³/mol. The Morgan fingerprint density at radius 1 is 1.07 bits per heavy atom. The summed E-state index contributed by atoms with van der Waals surface area (Å²) < 4.78 is 26.7. The summed E-state index contributed by atoms with van der Waals surface area (Å²) >= 11 is 0. The van der Waals surface area contributed by atoms with Crippen LogP contribution in [0.1, 0.15) is 32.3 Å². The number of nitrogens with zero attached hydrogens (tertiary/aromatic N) is 3. The van der Waals surface area contributed by atoms with Gasteiger partial charge in [0.15, 0.2) is 0 Å². The highest BCUT2D eigenvalue weighted by Crippen LogP contribution is 2.23. The van der Waals surface area contributed by atoms with Gasteiger partial charge in [-0.05, 0) is 32.3 Å². The van der Waals surface area contributed by atoms with Crippen molar-refractivity contribution in [1.29, 1.82) is 0 Å². The molecule has 0 unspecified atom stereocenters. The average Bonchev–Trinajstić information content (AvgIpc) is 2.69. The van der Waals surface area contributed by atoms with Crippen molar-refractivity contribution in [3.8, 4) is 0 Å². The van der Waals surface area contributed by atoms with Crippen LogP contribution in [0.15, 0.2) is 30.3 Å². The molecule has 1 aliphatic rings. The van der Waals surface area contributed by atoms with Crippen LogP contribution in [0.5, 0.6) is 0 Å². The van der Waals surface area contributed by atoms with E-state index in [0.29, 0.717) is 39.0 Å². The second kappa shape index (κ2) is 10.0. The van der Waals surface area contributed by atoms with Crippen molar-refractivity contribution in [2.45, 2.75) is 32.4 Å². The van der Waals surface area contributed by atoms with Crippen LogP contribution in [0.3, 0.4) is 0 Å². The van der Waals surface area contributed by atoms with Gasteiger partial charge in [0, 0.05) is 39.1 Å². The molecule has 0 saturated carbocycles. The van der Waals surface area contributed by atoms with Crippen molar-refractivity contribution < 1.29 is 18.0 Å². The normalized spacial score (nSPS) is 16.0. The lowest BCUT2D eigenvalue weighted by molar-refractivity contribution is -0.142. The molecule has 1 aliphatic heterocycles. The largest absolute Gasteiger partial charge is 0.342 e. The third kappa shape index (κ3) is 5.78. The smallest absolute Gasteiger partial charge is 0.242 e. The molecule has 1 aromatic rings. The van der Waals surface area contributed by atoms with Gasteiger partial charge in [-0.3, -0.25) is 9.59 Å². The van der Waals surface area contributed by atoms with Gasteiger partial charge in [-0.1, -0.05) is 30.3 Å². The zero-order valence-electron chi connectivity index (χ0n) is 17.0. The van der Waals surface area contributed by atoms with E-state index in [4.69, 9.17) is 0 Å². The summed E-state index contributed by atoms with van der Waals surface area (Å²) in [7, 11) is -1.75. The van der Waals surface area contributed by atoms with Gasteiger partial charge < -0.3 is 9.80 Å². The molecule has 0 spiro atoms. The Balaban J connectivity index is 1.88. The van der Waals surface area contributed by atoms with E-state index in [1.807, 2.05) is 32.0 Å². The van der Waals surface area contributed by atoms with Crippen LogP contribution in [0.25, 0.3) is 0 Å². The molecule has 0 N–H and O–H groups in total. The Kier molecular flexibility index (Phi) is 8.00. The van der Waals surface area contributed by atoms with Crippen LogP contribution >= 0.6 is 0 Å². The highest BCUT2D eigenvalue weighted by atomic mass is 32.2. The Bertz CT molecular complexity index is 755. The molecule has 0 bridgehead atoms. The number of hydrogen-bond donors (Lipinski definition) is 0. The van der Waals surface area contributed by atoms with E-state index in [-0.39, 0.29) is 30.0 Å². The lowest BCUT2D eigenvalue weighted by atomic mass is 9.96. The second-order valence-electron chi connectivity index (χ2n) is 7.18. The predicted octanol–water partition coefficient (Wildman–Crippen LogP) is 1.56. The molecule has 0 aliphatic carbocycles. The Morgan fingerprint density at radius 2 is 1.64 bits per heavy atom. The maximum atomic E-state index is 12.7. The van der Waals surface area contributed by atoms with Gasteiger partial charge in [0.1, 0.15) is 0 Å². The summed E-state index contributed by atoms with van der Waals surface area (Å²) in [6.07, 6.45) is 0.966. The van der Waals surface area contributed by atoms with Crippen molar-refractivity contribution in [1.82, 2.24) is 14.1 Å². The molecule has 1 fully saturated rings. The van der Waals surface area contributed by atoms with Crippen LogP contribution < -0.4 is 0 Å². The van der Waals surface area contributed by atoms with E-state index < -0.39 is 10.0 Å². The molecule has 0 radical (unpaired) electrons. The number of likely N-dealkylation sites (N-methyl/N-ethyl adjacent to an activating group) is 2. The quantitative estimate of drug-likeness (QED) is 0.653. The molecule has 2 rings (SSSR count). The Labute approximate surface area is 168 Å². The maximum absolute atomic E-state index is 12.7. The molecular weight excluding hydrogens is 378 g/mol. The first kappa shape index (κ1) is 22.4. The van der Waals surface area contributed by atoms with Gasteiger partial charge in [-0.25, -0.2) is 12.7 Å². The minimum Gasteiger partial charge on any atom is -0.342 e. The number of amides is 2. The van der Waals surface area contributed by atoms with E-state index >= 15 is 0 Å². The van der Waals surface area contributed by atoms with Gasteiger partial charge in [0.05, 0.1) is 12.3 Å². The van der Waals surface area contributed by atoms with Gasteiger partial charge in [-0.2, -0.15) is 0 Å². The first-order valence-corrected chi connectivity index (χ1v) is 11.4. The summed E-state index contributed by atoms with van der Waals surface area (Å²) in [6.45, 7) is 5.80. The lowest BCUT2D eigenvalue weighted by Crippen LogP contribution is -2.46. The Hall–Kier alpha value is -1.93. The van der Waals surface area contributed by atoms with Crippen LogP contribution in [-0.2, 0) is 25.4 Å². The number of hydrogen-bond acceptors (Lipinski definition) is 4. The van der Waals surface area contributed by atoms with Crippen LogP contribution in [0, 0.1) is 5.92 Å². The number of rotatable bonds is 8. The van der Waals surface area contributed by atoms with Crippen molar-refractivity contribution in [3.05, 3.63) is 35.9 Å². The molecule has 1 heterocycles. The van der Waals surface area contributed by atoms with Crippen LogP contribution in [0.2, 0.25) is 0 Å². The van der Waals surface area contributed by atoms with E-state index in [1.165, 1.54) is 9.21 Å². The van der Waals surface area contributed by atoms with Crippen molar-refractivity contribution in [2.75, 3.05) is 39.8 Å². The number of carbonyl (C=O) groups excluding carboxylic acids is 2. The summed E-state index contributed by atoms with van der Waals surface area (Å²) in [5.74, 6) is -0.410. The van der Waals surface area contributed by atoms with Crippen LogP contribution in [0.4, 0.5) is 0 Å². The van der Waals surface area contributed by atoms with Gasteiger partial charge >= 0.3 is 0 Å². The summed E-state index contributed by atoms with van der Waals surface area (Å²) in [4.78, 5) is 28.0. The highest BCUT2D eigenvalue weighted by Gasteiger charge is 2.32. The molecule has 7 nitrogen and oxygen atoms in total.